The third kappa shape index (κ3) is 5.21. The highest BCUT2D eigenvalue weighted by Gasteiger charge is 2.20. The maximum atomic E-state index is 11.3. The van der Waals surface area contributed by atoms with Crippen LogP contribution >= 0.6 is 11.6 Å². The Morgan fingerprint density at radius 3 is 2.58 bits per heavy atom. The summed E-state index contributed by atoms with van der Waals surface area (Å²) in [7, 11) is 0. The lowest BCUT2D eigenvalue weighted by atomic mass is 10.2. The molecule has 0 radical (unpaired) electrons. The van der Waals surface area contributed by atoms with Crippen LogP contribution in [0.15, 0.2) is 6.07 Å². The second-order valence-electron chi connectivity index (χ2n) is 3.30. The van der Waals surface area contributed by atoms with Gasteiger partial charge in [0.05, 0.1) is 18.0 Å². The van der Waals surface area contributed by atoms with Gasteiger partial charge in [0, 0.05) is 6.07 Å². The van der Waals surface area contributed by atoms with Gasteiger partial charge in [-0.15, -0.1) is 0 Å². The van der Waals surface area contributed by atoms with Gasteiger partial charge in [-0.3, -0.25) is 14.9 Å². The maximum Gasteiger partial charge on any atom is 0.312 e. The van der Waals surface area contributed by atoms with Crippen molar-refractivity contribution >= 4 is 23.3 Å². The van der Waals surface area contributed by atoms with Gasteiger partial charge in [-0.1, -0.05) is 25.4 Å². The van der Waals surface area contributed by atoms with Crippen molar-refractivity contribution in [1.29, 1.82) is 0 Å². The molecule has 0 aromatic carbocycles. The number of rotatable bonds is 4. The molecule has 0 atom stereocenters. The number of ether oxygens (including phenoxy) is 1. The fraction of sp³-hybridized carbons (Fsp3) is 0.500. The number of carbonyl (C=O) groups is 1. The summed E-state index contributed by atoms with van der Waals surface area (Å²) in [6.07, 6.45) is -0.260. The number of pyridine rings is 1. The SMILES string of the molecule is CC.CCOC(=O)Cc1nc(Cl)c(C)cc1[N+](=O)[O-]. The minimum Gasteiger partial charge on any atom is -0.466 e. The molecule has 1 rings (SSSR count). The number of nitrogens with zero attached hydrogens (tertiary/aromatic N) is 2. The third-order valence-electron chi connectivity index (χ3n) is 2.02. The van der Waals surface area contributed by atoms with Crippen LogP contribution in [0.25, 0.3) is 0 Å². The molecule has 0 bridgehead atoms. The first-order valence-electron chi connectivity index (χ1n) is 5.91. The lowest BCUT2D eigenvalue weighted by Gasteiger charge is -2.04. The average molecular weight is 289 g/mol. The molecule has 0 amide bonds. The number of esters is 1. The van der Waals surface area contributed by atoms with Crippen molar-refractivity contribution in [2.75, 3.05) is 6.61 Å². The topological polar surface area (TPSA) is 82.3 Å². The largest absolute Gasteiger partial charge is 0.466 e. The number of aromatic nitrogens is 1. The van der Waals surface area contributed by atoms with E-state index in [1.807, 2.05) is 13.8 Å². The number of hydrogen-bond donors (Lipinski definition) is 0. The highest BCUT2D eigenvalue weighted by molar-refractivity contribution is 6.30. The summed E-state index contributed by atoms with van der Waals surface area (Å²) in [5.74, 6) is -0.567. The van der Waals surface area contributed by atoms with Gasteiger partial charge in [-0.05, 0) is 19.4 Å². The van der Waals surface area contributed by atoms with Gasteiger partial charge < -0.3 is 4.74 Å². The zero-order valence-corrected chi connectivity index (χ0v) is 12.2. The van der Waals surface area contributed by atoms with Gasteiger partial charge in [0.2, 0.25) is 0 Å². The molecule has 0 unspecified atom stereocenters. The summed E-state index contributed by atoms with van der Waals surface area (Å²) in [6, 6.07) is 1.30. The Labute approximate surface area is 116 Å². The van der Waals surface area contributed by atoms with Crippen LogP contribution in [-0.4, -0.2) is 22.5 Å². The molecule has 7 heteroatoms. The summed E-state index contributed by atoms with van der Waals surface area (Å²) < 4.78 is 4.71. The van der Waals surface area contributed by atoms with Crippen LogP contribution in [0.2, 0.25) is 5.15 Å². The molecule has 106 valence electrons. The van der Waals surface area contributed by atoms with Gasteiger partial charge in [0.1, 0.15) is 10.8 Å². The molecule has 6 nitrogen and oxygen atoms in total. The Kier molecular flexibility index (Phi) is 7.67. The molecule has 0 saturated heterocycles. The second kappa shape index (κ2) is 8.42. The van der Waals surface area contributed by atoms with Crippen LogP contribution in [-0.2, 0) is 16.0 Å². The molecule has 0 aliphatic heterocycles. The van der Waals surface area contributed by atoms with Crippen molar-refractivity contribution < 1.29 is 14.5 Å². The normalized spacial score (nSPS) is 9.32. The number of nitro groups is 1. The summed E-state index contributed by atoms with van der Waals surface area (Å²) >= 11 is 5.77. The Hall–Kier alpha value is -1.69. The van der Waals surface area contributed by atoms with Gasteiger partial charge in [-0.25, -0.2) is 4.98 Å². The molecule has 1 aromatic heterocycles. The summed E-state index contributed by atoms with van der Waals surface area (Å²) in [5, 5.41) is 10.9. The molecule has 0 saturated carbocycles. The highest BCUT2D eigenvalue weighted by atomic mass is 35.5. The summed E-state index contributed by atoms with van der Waals surface area (Å²) in [6.45, 7) is 7.48. The number of hydrogen-bond acceptors (Lipinski definition) is 5. The molecular weight excluding hydrogens is 272 g/mol. The van der Waals surface area contributed by atoms with Crippen LogP contribution in [0, 0.1) is 17.0 Å². The van der Waals surface area contributed by atoms with E-state index in [1.165, 1.54) is 6.07 Å². The standard InChI is InChI=1S/C10H11ClN2O4.C2H6/c1-3-17-9(14)5-7-8(13(15)16)4-6(2)10(11)12-7;1-2/h4H,3,5H2,1-2H3;1-2H3. The monoisotopic (exact) mass is 288 g/mol. The molecule has 0 spiro atoms. The first-order valence-corrected chi connectivity index (χ1v) is 6.29. The Morgan fingerprint density at radius 1 is 1.53 bits per heavy atom. The molecule has 19 heavy (non-hydrogen) atoms. The van der Waals surface area contributed by atoms with E-state index in [4.69, 9.17) is 16.3 Å². The lowest BCUT2D eigenvalue weighted by Crippen LogP contribution is -2.11. The van der Waals surface area contributed by atoms with Crippen molar-refractivity contribution in [2.24, 2.45) is 0 Å². The predicted octanol–water partition coefficient (Wildman–Crippen LogP) is 3.08. The van der Waals surface area contributed by atoms with Crippen LogP contribution in [0.1, 0.15) is 32.0 Å². The van der Waals surface area contributed by atoms with Crippen molar-refractivity contribution in [3.05, 3.63) is 32.6 Å². The molecular formula is C12H17ClN2O4. The predicted molar refractivity (Wildman–Crippen MR) is 72.3 cm³/mol. The van der Waals surface area contributed by atoms with Crippen molar-refractivity contribution in [2.45, 2.75) is 34.1 Å². The van der Waals surface area contributed by atoms with E-state index in [1.54, 1.807) is 13.8 Å². The van der Waals surface area contributed by atoms with E-state index in [0.717, 1.165) is 0 Å². The maximum absolute atomic E-state index is 11.3. The van der Waals surface area contributed by atoms with Crippen molar-refractivity contribution in [3.8, 4) is 0 Å². The zero-order chi connectivity index (χ0) is 15.0. The minimum absolute atomic E-state index is 0.0176. The molecule has 1 heterocycles. The smallest absolute Gasteiger partial charge is 0.312 e. The third-order valence-corrected chi connectivity index (χ3v) is 2.40. The first-order chi connectivity index (χ1) is 8.95. The van der Waals surface area contributed by atoms with Gasteiger partial charge in [0.15, 0.2) is 0 Å². The molecule has 0 aliphatic rings. The number of aryl methyl sites for hydroxylation is 1. The van der Waals surface area contributed by atoms with E-state index >= 15 is 0 Å². The lowest BCUT2D eigenvalue weighted by molar-refractivity contribution is -0.385. The van der Waals surface area contributed by atoms with Crippen LogP contribution in [0.4, 0.5) is 5.69 Å². The van der Waals surface area contributed by atoms with Crippen LogP contribution in [0.3, 0.4) is 0 Å². The van der Waals surface area contributed by atoms with E-state index in [2.05, 4.69) is 4.98 Å². The summed E-state index contributed by atoms with van der Waals surface area (Å²) in [5.41, 5.74) is 0.287. The minimum atomic E-state index is -0.592. The van der Waals surface area contributed by atoms with Crippen LogP contribution in [0.5, 0.6) is 0 Å². The quantitative estimate of drug-likeness (QED) is 0.368. The second-order valence-corrected chi connectivity index (χ2v) is 3.66. The Morgan fingerprint density at radius 2 is 2.11 bits per heavy atom. The number of halogens is 1. The first kappa shape index (κ1) is 17.3. The molecule has 0 N–H and O–H groups in total. The van der Waals surface area contributed by atoms with E-state index in [9.17, 15) is 14.9 Å². The molecule has 0 aliphatic carbocycles. The number of carbonyl (C=O) groups excluding carboxylic acids is 1. The Bertz CT molecular complexity index is 463. The Balaban J connectivity index is 0.00000154. The van der Waals surface area contributed by atoms with E-state index in [-0.39, 0.29) is 29.6 Å². The van der Waals surface area contributed by atoms with E-state index in [0.29, 0.717) is 5.56 Å². The highest BCUT2D eigenvalue weighted by Crippen LogP contribution is 2.23. The van der Waals surface area contributed by atoms with Crippen molar-refractivity contribution in [1.82, 2.24) is 4.98 Å². The van der Waals surface area contributed by atoms with E-state index < -0.39 is 10.9 Å². The zero-order valence-electron chi connectivity index (χ0n) is 11.4. The average Bonchev–Trinajstić information content (AvgIpc) is 2.36. The summed E-state index contributed by atoms with van der Waals surface area (Å²) in [4.78, 5) is 25.3. The van der Waals surface area contributed by atoms with Gasteiger partial charge in [0.25, 0.3) is 5.69 Å². The van der Waals surface area contributed by atoms with Crippen LogP contribution < -0.4 is 0 Å². The molecule has 0 fully saturated rings. The van der Waals surface area contributed by atoms with Gasteiger partial charge in [-0.2, -0.15) is 0 Å². The molecule has 1 aromatic rings. The fourth-order valence-electron chi connectivity index (χ4n) is 1.25. The fourth-order valence-corrected chi connectivity index (χ4v) is 1.41. The van der Waals surface area contributed by atoms with Gasteiger partial charge >= 0.3 is 5.97 Å². The van der Waals surface area contributed by atoms with Crippen molar-refractivity contribution in [3.63, 3.8) is 0 Å².